The second kappa shape index (κ2) is 6.52. The van der Waals surface area contributed by atoms with Crippen molar-refractivity contribution in [1.29, 1.82) is 0 Å². The lowest BCUT2D eigenvalue weighted by atomic mass is 10.2. The molecule has 1 aromatic rings. The zero-order valence-corrected chi connectivity index (χ0v) is 9.40. The SMILES string of the molecule is CC#CCC(NCCC)c1cnns1. The third kappa shape index (κ3) is 3.44. The smallest absolute Gasteiger partial charge is 0.0669 e. The Morgan fingerprint density at radius 2 is 2.50 bits per heavy atom. The molecule has 4 heteroatoms. The van der Waals surface area contributed by atoms with E-state index in [0.717, 1.165) is 19.4 Å². The van der Waals surface area contributed by atoms with Gasteiger partial charge in [0.2, 0.25) is 0 Å². The van der Waals surface area contributed by atoms with E-state index in [1.54, 1.807) is 0 Å². The van der Waals surface area contributed by atoms with E-state index in [1.165, 1.54) is 16.4 Å². The van der Waals surface area contributed by atoms with Crippen molar-refractivity contribution in [2.75, 3.05) is 6.54 Å². The van der Waals surface area contributed by atoms with Gasteiger partial charge in [-0.3, -0.25) is 0 Å². The monoisotopic (exact) mass is 209 g/mol. The second-order valence-corrected chi connectivity index (χ2v) is 3.77. The van der Waals surface area contributed by atoms with Gasteiger partial charge < -0.3 is 5.32 Å². The molecule has 1 rings (SSSR count). The van der Waals surface area contributed by atoms with Crippen LogP contribution in [0.3, 0.4) is 0 Å². The van der Waals surface area contributed by atoms with E-state index in [0.29, 0.717) is 6.04 Å². The van der Waals surface area contributed by atoms with Crippen LogP contribution in [0.25, 0.3) is 0 Å². The molecule has 1 N–H and O–H groups in total. The minimum Gasteiger partial charge on any atom is -0.308 e. The van der Waals surface area contributed by atoms with E-state index in [1.807, 2.05) is 13.1 Å². The van der Waals surface area contributed by atoms with Crippen LogP contribution < -0.4 is 5.32 Å². The zero-order chi connectivity index (χ0) is 10.2. The van der Waals surface area contributed by atoms with Crippen LogP contribution in [0.15, 0.2) is 6.20 Å². The summed E-state index contributed by atoms with van der Waals surface area (Å²) >= 11 is 1.44. The highest BCUT2D eigenvalue weighted by Crippen LogP contribution is 2.18. The van der Waals surface area contributed by atoms with Crippen LogP contribution >= 0.6 is 11.5 Å². The van der Waals surface area contributed by atoms with E-state index in [9.17, 15) is 0 Å². The van der Waals surface area contributed by atoms with Crippen LogP contribution in [0.1, 0.15) is 37.6 Å². The molecule has 0 aliphatic carbocycles. The minimum atomic E-state index is 0.294. The quantitative estimate of drug-likeness (QED) is 0.754. The fourth-order valence-electron chi connectivity index (χ4n) is 1.12. The Morgan fingerprint density at radius 3 is 3.07 bits per heavy atom. The number of aromatic nitrogens is 2. The summed E-state index contributed by atoms with van der Waals surface area (Å²) < 4.78 is 3.86. The van der Waals surface area contributed by atoms with Crippen LogP contribution in [-0.4, -0.2) is 16.1 Å². The Kier molecular flexibility index (Phi) is 5.20. The summed E-state index contributed by atoms with van der Waals surface area (Å²) in [5.41, 5.74) is 0. The van der Waals surface area contributed by atoms with Gasteiger partial charge in [-0.05, 0) is 31.4 Å². The molecule has 0 spiro atoms. The Hall–Kier alpha value is -0.920. The Labute approximate surface area is 89.1 Å². The topological polar surface area (TPSA) is 37.8 Å². The lowest BCUT2D eigenvalue weighted by Gasteiger charge is -2.12. The lowest BCUT2D eigenvalue weighted by Crippen LogP contribution is -2.20. The van der Waals surface area contributed by atoms with E-state index in [4.69, 9.17) is 0 Å². The van der Waals surface area contributed by atoms with Crippen LogP contribution in [0.5, 0.6) is 0 Å². The first kappa shape index (κ1) is 11.2. The maximum Gasteiger partial charge on any atom is 0.0669 e. The van der Waals surface area contributed by atoms with Crippen LogP contribution in [0, 0.1) is 11.8 Å². The molecule has 0 fully saturated rings. The predicted octanol–water partition coefficient (Wildman–Crippen LogP) is 1.99. The van der Waals surface area contributed by atoms with Crippen molar-refractivity contribution in [2.45, 2.75) is 32.7 Å². The summed E-state index contributed by atoms with van der Waals surface area (Å²) in [5, 5.41) is 7.27. The van der Waals surface area contributed by atoms with Gasteiger partial charge in [0.1, 0.15) is 0 Å². The van der Waals surface area contributed by atoms with Crippen molar-refractivity contribution in [3.63, 3.8) is 0 Å². The second-order valence-electron chi connectivity index (χ2n) is 2.96. The van der Waals surface area contributed by atoms with Crippen molar-refractivity contribution < 1.29 is 0 Å². The van der Waals surface area contributed by atoms with Crippen LogP contribution in [-0.2, 0) is 0 Å². The number of hydrogen-bond donors (Lipinski definition) is 1. The van der Waals surface area contributed by atoms with Gasteiger partial charge in [0.25, 0.3) is 0 Å². The molecule has 1 aromatic heterocycles. The van der Waals surface area contributed by atoms with E-state index >= 15 is 0 Å². The molecule has 3 nitrogen and oxygen atoms in total. The van der Waals surface area contributed by atoms with E-state index < -0.39 is 0 Å². The van der Waals surface area contributed by atoms with Gasteiger partial charge in [-0.2, -0.15) is 0 Å². The first-order valence-electron chi connectivity index (χ1n) is 4.78. The maximum atomic E-state index is 3.86. The molecule has 0 aromatic carbocycles. The number of nitrogens with one attached hydrogen (secondary N) is 1. The van der Waals surface area contributed by atoms with Gasteiger partial charge in [0, 0.05) is 6.42 Å². The first-order valence-corrected chi connectivity index (χ1v) is 5.56. The standard InChI is InChI=1S/C10H15N3S/c1-3-5-6-9(11-7-4-2)10-8-12-13-14-10/h8-9,11H,4,6-7H2,1-2H3. The highest BCUT2D eigenvalue weighted by Gasteiger charge is 2.11. The summed E-state index contributed by atoms with van der Waals surface area (Å²) in [4.78, 5) is 1.17. The summed E-state index contributed by atoms with van der Waals surface area (Å²) in [7, 11) is 0. The zero-order valence-electron chi connectivity index (χ0n) is 8.58. The molecule has 0 aliphatic heterocycles. The van der Waals surface area contributed by atoms with Gasteiger partial charge in [0.15, 0.2) is 0 Å². The molecule has 0 radical (unpaired) electrons. The molecule has 1 heterocycles. The van der Waals surface area contributed by atoms with Crippen LogP contribution in [0.4, 0.5) is 0 Å². The summed E-state index contributed by atoms with van der Waals surface area (Å²) in [6.45, 7) is 5.02. The minimum absolute atomic E-state index is 0.294. The number of nitrogens with zero attached hydrogens (tertiary/aromatic N) is 2. The molecule has 0 saturated heterocycles. The normalized spacial score (nSPS) is 11.9. The molecule has 0 bridgehead atoms. The average molecular weight is 209 g/mol. The van der Waals surface area contributed by atoms with Gasteiger partial charge in [-0.15, -0.1) is 16.9 Å². The Morgan fingerprint density at radius 1 is 1.64 bits per heavy atom. The third-order valence-corrected chi connectivity index (χ3v) is 2.62. The number of rotatable bonds is 5. The summed E-state index contributed by atoms with van der Waals surface area (Å²) in [5.74, 6) is 5.99. The maximum absolute atomic E-state index is 3.86. The fraction of sp³-hybridized carbons (Fsp3) is 0.600. The summed E-state index contributed by atoms with van der Waals surface area (Å²) in [6, 6.07) is 0.294. The molecular weight excluding hydrogens is 194 g/mol. The van der Waals surface area contributed by atoms with Crippen molar-refractivity contribution in [1.82, 2.24) is 14.9 Å². The molecule has 76 valence electrons. The highest BCUT2D eigenvalue weighted by molar-refractivity contribution is 7.05. The van der Waals surface area contributed by atoms with E-state index in [-0.39, 0.29) is 0 Å². The van der Waals surface area contributed by atoms with Gasteiger partial charge in [-0.1, -0.05) is 11.4 Å². The van der Waals surface area contributed by atoms with Gasteiger partial charge in [0.05, 0.1) is 17.1 Å². The predicted molar refractivity (Wildman–Crippen MR) is 59.0 cm³/mol. The van der Waals surface area contributed by atoms with Gasteiger partial charge in [-0.25, -0.2) is 0 Å². The first-order chi connectivity index (χ1) is 6.88. The molecule has 1 unspecified atom stereocenters. The van der Waals surface area contributed by atoms with Crippen molar-refractivity contribution in [2.24, 2.45) is 0 Å². The fourth-order valence-corrected chi connectivity index (χ4v) is 1.70. The highest BCUT2D eigenvalue weighted by atomic mass is 32.1. The van der Waals surface area contributed by atoms with Gasteiger partial charge >= 0.3 is 0 Å². The Bertz CT molecular complexity index is 297. The molecule has 1 atom stereocenters. The molecular formula is C10H15N3S. The third-order valence-electron chi connectivity index (χ3n) is 1.85. The summed E-state index contributed by atoms with van der Waals surface area (Å²) in [6.07, 6.45) is 3.78. The van der Waals surface area contributed by atoms with Crippen molar-refractivity contribution in [3.8, 4) is 11.8 Å². The average Bonchev–Trinajstić information content (AvgIpc) is 2.71. The molecule has 14 heavy (non-hydrogen) atoms. The van der Waals surface area contributed by atoms with E-state index in [2.05, 4.69) is 33.7 Å². The van der Waals surface area contributed by atoms with Crippen molar-refractivity contribution >= 4 is 11.5 Å². The molecule has 0 amide bonds. The molecule has 0 saturated carbocycles. The molecule has 0 aliphatic rings. The van der Waals surface area contributed by atoms with Crippen molar-refractivity contribution in [3.05, 3.63) is 11.1 Å². The van der Waals surface area contributed by atoms with Crippen LogP contribution in [0.2, 0.25) is 0 Å². The largest absolute Gasteiger partial charge is 0.308 e. The number of hydrogen-bond acceptors (Lipinski definition) is 4. The Balaban J connectivity index is 2.55. The lowest BCUT2D eigenvalue weighted by molar-refractivity contribution is 0.549.